The van der Waals surface area contributed by atoms with Gasteiger partial charge in [-0.2, -0.15) is 0 Å². The highest BCUT2D eigenvalue weighted by Crippen LogP contribution is 2.14. The summed E-state index contributed by atoms with van der Waals surface area (Å²) in [6.07, 6.45) is 1.37. The largest absolute Gasteiger partial charge is 0.478 e. The summed E-state index contributed by atoms with van der Waals surface area (Å²) in [5.41, 5.74) is 5.70. The van der Waals surface area contributed by atoms with Crippen LogP contribution in [0.3, 0.4) is 0 Å². The molecule has 0 bridgehead atoms. The van der Waals surface area contributed by atoms with Crippen LogP contribution in [0.1, 0.15) is 24.2 Å². The number of aromatic carboxylic acids is 1. The lowest BCUT2D eigenvalue weighted by Crippen LogP contribution is -2.20. The highest BCUT2D eigenvalue weighted by Gasteiger charge is 2.10. The maximum atomic E-state index is 10.9. The second-order valence-electron chi connectivity index (χ2n) is 3.61. The van der Waals surface area contributed by atoms with Crippen LogP contribution >= 0.6 is 0 Å². The molecule has 0 aliphatic heterocycles. The predicted octanol–water partition coefficient (Wildman–Crippen LogP) is 1.20. The Bertz CT molecular complexity index is 396. The van der Waals surface area contributed by atoms with Gasteiger partial charge in [0.25, 0.3) is 0 Å². The Morgan fingerprint density at radius 2 is 2.41 bits per heavy atom. The Hall–Kier alpha value is -1.82. The van der Waals surface area contributed by atoms with Gasteiger partial charge < -0.3 is 20.9 Å². The first-order chi connectivity index (χ1) is 8.04. The van der Waals surface area contributed by atoms with Crippen LogP contribution in [-0.4, -0.2) is 35.3 Å². The molecule has 94 valence electrons. The quantitative estimate of drug-likeness (QED) is 0.690. The van der Waals surface area contributed by atoms with E-state index in [2.05, 4.69) is 10.3 Å². The van der Waals surface area contributed by atoms with Crippen molar-refractivity contribution in [3.05, 3.63) is 17.8 Å². The molecule has 1 aromatic rings. The number of carboxylic acid groups (broad SMARTS) is 1. The maximum absolute atomic E-state index is 10.9. The van der Waals surface area contributed by atoms with Crippen LogP contribution < -0.4 is 11.1 Å². The van der Waals surface area contributed by atoms with Gasteiger partial charge in [0.1, 0.15) is 5.82 Å². The summed E-state index contributed by atoms with van der Waals surface area (Å²) in [4.78, 5) is 14.9. The van der Waals surface area contributed by atoms with Gasteiger partial charge in [0.05, 0.1) is 23.6 Å². The second-order valence-corrected chi connectivity index (χ2v) is 3.61. The highest BCUT2D eigenvalue weighted by molar-refractivity contribution is 5.94. The van der Waals surface area contributed by atoms with Crippen molar-refractivity contribution < 1.29 is 14.6 Å². The van der Waals surface area contributed by atoms with E-state index in [1.807, 2.05) is 13.8 Å². The number of hydrogen-bond donors (Lipinski definition) is 3. The highest BCUT2D eigenvalue weighted by atomic mass is 16.5. The summed E-state index contributed by atoms with van der Waals surface area (Å²) in [5.74, 6) is -0.589. The third-order valence-electron chi connectivity index (χ3n) is 2.19. The molecule has 1 rings (SSSR count). The molecule has 6 heteroatoms. The Balaban J connectivity index is 2.66. The number of nitrogens with two attached hydrogens (primary N) is 1. The standard InChI is InChI=1S/C11H17N3O3/c1-3-17-7(2)5-13-10-4-8(11(15)16)9(12)6-14-10/h4,6-7H,3,5,12H2,1-2H3,(H,13,14)(H,15,16). The van der Waals surface area contributed by atoms with Crippen molar-refractivity contribution in [3.63, 3.8) is 0 Å². The fourth-order valence-electron chi connectivity index (χ4n) is 1.34. The molecule has 0 saturated carbocycles. The van der Waals surface area contributed by atoms with Crippen LogP contribution in [-0.2, 0) is 4.74 Å². The van der Waals surface area contributed by atoms with Gasteiger partial charge in [-0.1, -0.05) is 0 Å². The zero-order valence-electron chi connectivity index (χ0n) is 9.93. The summed E-state index contributed by atoms with van der Waals surface area (Å²) in [6, 6.07) is 1.41. The normalized spacial score (nSPS) is 12.1. The zero-order valence-corrected chi connectivity index (χ0v) is 9.93. The monoisotopic (exact) mass is 239 g/mol. The Labute approximate surface area is 99.8 Å². The Morgan fingerprint density at radius 3 is 3.00 bits per heavy atom. The van der Waals surface area contributed by atoms with Gasteiger partial charge in [-0.15, -0.1) is 0 Å². The molecule has 0 spiro atoms. The van der Waals surface area contributed by atoms with Gasteiger partial charge in [-0.25, -0.2) is 9.78 Å². The van der Waals surface area contributed by atoms with Crippen LogP contribution in [0.4, 0.5) is 11.5 Å². The topological polar surface area (TPSA) is 97.5 Å². The molecule has 0 amide bonds. The van der Waals surface area contributed by atoms with Crippen LogP contribution in [0.15, 0.2) is 12.3 Å². The van der Waals surface area contributed by atoms with Gasteiger partial charge in [0.2, 0.25) is 0 Å². The second kappa shape index (κ2) is 6.05. The van der Waals surface area contributed by atoms with Crippen molar-refractivity contribution in [2.45, 2.75) is 20.0 Å². The zero-order chi connectivity index (χ0) is 12.8. The van der Waals surface area contributed by atoms with Crippen molar-refractivity contribution in [2.24, 2.45) is 0 Å². The number of ether oxygens (including phenoxy) is 1. The number of nitrogen functional groups attached to an aromatic ring is 1. The number of rotatable bonds is 6. The van der Waals surface area contributed by atoms with Crippen LogP contribution in [0.2, 0.25) is 0 Å². The Kier molecular flexibility index (Phi) is 4.71. The van der Waals surface area contributed by atoms with Gasteiger partial charge in [-0.05, 0) is 19.9 Å². The van der Waals surface area contributed by atoms with Crippen LogP contribution in [0.5, 0.6) is 0 Å². The first-order valence-electron chi connectivity index (χ1n) is 5.38. The van der Waals surface area contributed by atoms with Gasteiger partial charge >= 0.3 is 5.97 Å². The van der Waals surface area contributed by atoms with Crippen molar-refractivity contribution >= 4 is 17.5 Å². The average Bonchev–Trinajstić information content (AvgIpc) is 2.28. The molecule has 0 fully saturated rings. The van der Waals surface area contributed by atoms with E-state index in [0.717, 1.165) is 0 Å². The minimum Gasteiger partial charge on any atom is -0.478 e. The van der Waals surface area contributed by atoms with Gasteiger partial charge in [-0.3, -0.25) is 0 Å². The first-order valence-corrected chi connectivity index (χ1v) is 5.38. The van der Waals surface area contributed by atoms with Crippen molar-refractivity contribution in [2.75, 3.05) is 24.2 Å². The summed E-state index contributed by atoms with van der Waals surface area (Å²) in [7, 11) is 0. The molecular formula is C11H17N3O3. The van der Waals surface area contributed by atoms with Crippen LogP contribution in [0.25, 0.3) is 0 Å². The maximum Gasteiger partial charge on any atom is 0.337 e. The molecule has 0 aliphatic rings. The van der Waals surface area contributed by atoms with E-state index >= 15 is 0 Å². The van der Waals surface area contributed by atoms with E-state index in [1.165, 1.54) is 12.3 Å². The van der Waals surface area contributed by atoms with Crippen molar-refractivity contribution in [3.8, 4) is 0 Å². The SMILES string of the molecule is CCOC(C)CNc1cc(C(=O)O)c(N)cn1. The lowest BCUT2D eigenvalue weighted by molar-refractivity contribution is 0.0698. The summed E-state index contributed by atoms with van der Waals surface area (Å²) < 4.78 is 5.33. The van der Waals surface area contributed by atoms with Gasteiger partial charge in [0, 0.05) is 13.2 Å². The molecule has 0 aliphatic carbocycles. The third-order valence-corrected chi connectivity index (χ3v) is 2.19. The number of hydrogen-bond acceptors (Lipinski definition) is 5. The smallest absolute Gasteiger partial charge is 0.337 e. The number of nitrogens with one attached hydrogen (secondary N) is 1. The minimum absolute atomic E-state index is 0.0348. The molecule has 1 atom stereocenters. The third kappa shape index (κ3) is 3.92. The van der Waals surface area contributed by atoms with E-state index in [-0.39, 0.29) is 17.4 Å². The molecule has 1 aromatic heterocycles. The van der Waals surface area contributed by atoms with E-state index in [4.69, 9.17) is 15.6 Å². The van der Waals surface area contributed by atoms with Crippen molar-refractivity contribution in [1.29, 1.82) is 0 Å². The number of nitrogens with zero attached hydrogens (tertiary/aromatic N) is 1. The predicted molar refractivity (Wildman–Crippen MR) is 65.2 cm³/mol. The minimum atomic E-state index is -1.06. The number of carbonyl (C=O) groups is 1. The van der Waals surface area contributed by atoms with E-state index in [9.17, 15) is 4.79 Å². The molecule has 0 aromatic carbocycles. The van der Waals surface area contributed by atoms with Crippen LogP contribution in [0, 0.1) is 0 Å². The molecule has 4 N–H and O–H groups in total. The molecule has 6 nitrogen and oxygen atoms in total. The lowest BCUT2D eigenvalue weighted by atomic mass is 10.2. The molecular weight excluding hydrogens is 222 g/mol. The number of aromatic nitrogens is 1. The summed E-state index contributed by atoms with van der Waals surface area (Å²) >= 11 is 0. The fraction of sp³-hybridized carbons (Fsp3) is 0.455. The average molecular weight is 239 g/mol. The fourth-order valence-corrected chi connectivity index (χ4v) is 1.34. The molecule has 0 saturated heterocycles. The van der Waals surface area contributed by atoms with E-state index in [0.29, 0.717) is 19.0 Å². The van der Waals surface area contributed by atoms with Crippen molar-refractivity contribution in [1.82, 2.24) is 4.98 Å². The number of carboxylic acids is 1. The van der Waals surface area contributed by atoms with E-state index < -0.39 is 5.97 Å². The van der Waals surface area contributed by atoms with Gasteiger partial charge in [0.15, 0.2) is 0 Å². The molecule has 1 heterocycles. The summed E-state index contributed by atoms with van der Waals surface area (Å²) in [6.45, 7) is 5.04. The number of anilines is 2. The summed E-state index contributed by atoms with van der Waals surface area (Å²) in [5, 5.41) is 11.9. The number of pyridine rings is 1. The molecule has 17 heavy (non-hydrogen) atoms. The molecule has 0 radical (unpaired) electrons. The first kappa shape index (κ1) is 13.2. The molecule has 1 unspecified atom stereocenters. The lowest BCUT2D eigenvalue weighted by Gasteiger charge is -2.13. The van der Waals surface area contributed by atoms with E-state index in [1.54, 1.807) is 0 Å². The Morgan fingerprint density at radius 1 is 1.71 bits per heavy atom.